The second kappa shape index (κ2) is 4.70. The fraction of sp³-hybridized carbons (Fsp3) is 0.417. The lowest BCUT2D eigenvalue weighted by atomic mass is 10.3. The van der Waals surface area contributed by atoms with Gasteiger partial charge in [0.15, 0.2) is 0 Å². The normalized spacial score (nSPS) is 10.8. The van der Waals surface area contributed by atoms with Crippen molar-refractivity contribution in [1.82, 2.24) is 19.6 Å². The summed E-state index contributed by atoms with van der Waals surface area (Å²) in [7, 11) is 3.52. The molecule has 7 heteroatoms. The Hall–Kier alpha value is -1.82. The smallest absolute Gasteiger partial charge is 0.275 e. The van der Waals surface area contributed by atoms with Gasteiger partial charge in [-0.05, 0) is 20.8 Å². The van der Waals surface area contributed by atoms with Gasteiger partial charge < -0.3 is 5.32 Å². The van der Waals surface area contributed by atoms with Gasteiger partial charge in [0.2, 0.25) is 0 Å². The Kier molecular flexibility index (Phi) is 3.36. The van der Waals surface area contributed by atoms with Gasteiger partial charge in [-0.2, -0.15) is 10.2 Å². The third kappa shape index (κ3) is 2.23. The summed E-state index contributed by atoms with van der Waals surface area (Å²) in [4.78, 5) is 12.3. The van der Waals surface area contributed by atoms with E-state index in [1.807, 2.05) is 20.9 Å². The van der Waals surface area contributed by atoms with Gasteiger partial charge in [-0.15, -0.1) is 0 Å². The zero-order valence-electron chi connectivity index (χ0n) is 11.6. The van der Waals surface area contributed by atoms with Crippen molar-refractivity contribution in [3.05, 3.63) is 27.8 Å². The van der Waals surface area contributed by atoms with E-state index in [1.165, 1.54) is 4.68 Å². The number of nitrogens with one attached hydrogen (secondary N) is 1. The van der Waals surface area contributed by atoms with Gasteiger partial charge in [0, 0.05) is 14.1 Å². The molecule has 0 saturated heterocycles. The molecule has 0 aliphatic heterocycles. The summed E-state index contributed by atoms with van der Waals surface area (Å²) >= 11 is 6.09. The molecule has 19 heavy (non-hydrogen) atoms. The van der Waals surface area contributed by atoms with Gasteiger partial charge in [0.05, 0.1) is 27.8 Å². The van der Waals surface area contributed by atoms with Crippen molar-refractivity contribution in [1.29, 1.82) is 0 Å². The van der Waals surface area contributed by atoms with Crippen LogP contribution in [0.1, 0.15) is 27.6 Å². The van der Waals surface area contributed by atoms with Crippen LogP contribution in [0.25, 0.3) is 0 Å². The second-order valence-electron chi connectivity index (χ2n) is 4.50. The SMILES string of the molecule is Cc1nn(C)c(C(=O)Nc2c(C)nn(C)c2C)c1Cl. The molecule has 0 aromatic carbocycles. The highest BCUT2D eigenvalue weighted by molar-refractivity contribution is 6.34. The number of carbonyl (C=O) groups excluding carboxylic acids is 1. The van der Waals surface area contributed by atoms with Crippen molar-refractivity contribution < 1.29 is 4.79 Å². The highest BCUT2D eigenvalue weighted by atomic mass is 35.5. The maximum absolute atomic E-state index is 12.3. The number of aromatic nitrogens is 4. The van der Waals surface area contributed by atoms with Gasteiger partial charge in [-0.25, -0.2) is 0 Å². The van der Waals surface area contributed by atoms with Crippen LogP contribution in [0.5, 0.6) is 0 Å². The molecule has 2 aromatic rings. The van der Waals surface area contributed by atoms with Gasteiger partial charge in [-0.3, -0.25) is 14.2 Å². The average Bonchev–Trinajstić information content (AvgIpc) is 2.70. The van der Waals surface area contributed by atoms with Crippen molar-refractivity contribution in [2.45, 2.75) is 20.8 Å². The number of rotatable bonds is 2. The van der Waals surface area contributed by atoms with E-state index in [-0.39, 0.29) is 5.91 Å². The van der Waals surface area contributed by atoms with Crippen LogP contribution in [0.4, 0.5) is 5.69 Å². The van der Waals surface area contributed by atoms with E-state index in [9.17, 15) is 4.79 Å². The Morgan fingerprint density at radius 1 is 1.11 bits per heavy atom. The van der Waals surface area contributed by atoms with E-state index < -0.39 is 0 Å². The van der Waals surface area contributed by atoms with Crippen molar-refractivity contribution in [2.24, 2.45) is 14.1 Å². The Bertz CT molecular complexity index is 656. The van der Waals surface area contributed by atoms with Gasteiger partial charge in [-0.1, -0.05) is 11.6 Å². The van der Waals surface area contributed by atoms with E-state index in [0.29, 0.717) is 22.1 Å². The summed E-state index contributed by atoms with van der Waals surface area (Å²) in [6, 6.07) is 0. The molecule has 0 saturated carbocycles. The minimum atomic E-state index is -0.285. The van der Waals surface area contributed by atoms with Crippen LogP contribution in [0.15, 0.2) is 0 Å². The first kappa shape index (κ1) is 13.6. The zero-order chi connectivity index (χ0) is 14.3. The molecule has 0 aliphatic carbocycles. The van der Waals surface area contributed by atoms with E-state index in [2.05, 4.69) is 15.5 Å². The highest BCUT2D eigenvalue weighted by Gasteiger charge is 2.21. The lowest BCUT2D eigenvalue weighted by Gasteiger charge is -2.06. The number of nitrogens with zero attached hydrogens (tertiary/aromatic N) is 4. The number of hydrogen-bond acceptors (Lipinski definition) is 3. The van der Waals surface area contributed by atoms with Gasteiger partial charge in [0.25, 0.3) is 5.91 Å². The van der Waals surface area contributed by atoms with Crippen LogP contribution in [0, 0.1) is 20.8 Å². The van der Waals surface area contributed by atoms with Crippen molar-refractivity contribution >= 4 is 23.2 Å². The quantitative estimate of drug-likeness (QED) is 0.915. The average molecular weight is 282 g/mol. The van der Waals surface area contributed by atoms with E-state index >= 15 is 0 Å². The van der Waals surface area contributed by atoms with Crippen LogP contribution in [0.3, 0.4) is 0 Å². The van der Waals surface area contributed by atoms with E-state index in [0.717, 1.165) is 11.4 Å². The Balaban J connectivity index is 2.36. The standard InChI is InChI=1S/C12H16ClN5O/c1-6-9(13)11(18(5)15-6)12(19)14-10-7(2)16-17(4)8(10)3/h1-5H3,(H,14,19). The van der Waals surface area contributed by atoms with Crippen LogP contribution < -0.4 is 5.32 Å². The predicted molar refractivity (Wildman–Crippen MR) is 73.6 cm³/mol. The molecule has 0 bridgehead atoms. The van der Waals surface area contributed by atoms with Crippen LogP contribution in [-0.4, -0.2) is 25.5 Å². The van der Waals surface area contributed by atoms with Crippen molar-refractivity contribution in [3.63, 3.8) is 0 Å². The molecule has 0 atom stereocenters. The molecule has 0 radical (unpaired) electrons. The first-order valence-electron chi connectivity index (χ1n) is 5.83. The summed E-state index contributed by atoms with van der Waals surface area (Å²) in [5.74, 6) is -0.285. The number of anilines is 1. The fourth-order valence-electron chi connectivity index (χ4n) is 2.01. The molecule has 6 nitrogen and oxygen atoms in total. The molecule has 0 aliphatic rings. The topological polar surface area (TPSA) is 64.7 Å². The molecule has 0 fully saturated rings. The monoisotopic (exact) mass is 281 g/mol. The fourth-order valence-corrected chi connectivity index (χ4v) is 2.25. The van der Waals surface area contributed by atoms with Crippen LogP contribution >= 0.6 is 11.6 Å². The number of carbonyl (C=O) groups is 1. The summed E-state index contributed by atoms with van der Waals surface area (Å²) in [5.41, 5.74) is 3.35. The molecule has 102 valence electrons. The predicted octanol–water partition coefficient (Wildman–Crippen LogP) is 1.98. The molecule has 2 heterocycles. The Morgan fingerprint density at radius 2 is 1.68 bits per heavy atom. The molecule has 1 amide bonds. The second-order valence-corrected chi connectivity index (χ2v) is 4.87. The number of hydrogen-bond donors (Lipinski definition) is 1. The number of amides is 1. The maximum atomic E-state index is 12.3. The van der Waals surface area contributed by atoms with Gasteiger partial charge in [0.1, 0.15) is 5.69 Å². The maximum Gasteiger partial charge on any atom is 0.275 e. The third-order valence-electron chi connectivity index (χ3n) is 3.11. The van der Waals surface area contributed by atoms with Crippen LogP contribution in [0.2, 0.25) is 5.02 Å². The van der Waals surface area contributed by atoms with Crippen LogP contribution in [-0.2, 0) is 14.1 Å². The minimum absolute atomic E-state index is 0.285. The molecular weight excluding hydrogens is 266 g/mol. The third-order valence-corrected chi connectivity index (χ3v) is 3.56. The molecule has 1 N–H and O–H groups in total. The zero-order valence-corrected chi connectivity index (χ0v) is 12.3. The van der Waals surface area contributed by atoms with Gasteiger partial charge >= 0.3 is 0 Å². The molecule has 0 unspecified atom stereocenters. The molecule has 0 spiro atoms. The highest BCUT2D eigenvalue weighted by Crippen LogP contribution is 2.23. The molecule has 2 rings (SSSR count). The first-order chi connectivity index (χ1) is 8.82. The summed E-state index contributed by atoms with van der Waals surface area (Å²) in [6.07, 6.45) is 0. The Labute approximate surface area is 116 Å². The lowest BCUT2D eigenvalue weighted by Crippen LogP contribution is -2.17. The largest absolute Gasteiger partial charge is 0.317 e. The summed E-state index contributed by atoms with van der Waals surface area (Å²) < 4.78 is 3.20. The summed E-state index contributed by atoms with van der Waals surface area (Å²) in [5, 5.41) is 11.6. The summed E-state index contributed by atoms with van der Waals surface area (Å²) in [6.45, 7) is 5.50. The number of aryl methyl sites for hydroxylation is 4. The van der Waals surface area contributed by atoms with E-state index in [1.54, 1.807) is 18.7 Å². The van der Waals surface area contributed by atoms with Crippen molar-refractivity contribution in [2.75, 3.05) is 5.32 Å². The minimum Gasteiger partial charge on any atom is -0.317 e. The van der Waals surface area contributed by atoms with Crippen molar-refractivity contribution in [3.8, 4) is 0 Å². The molecule has 2 aromatic heterocycles. The lowest BCUT2D eigenvalue weighted by molar-refractivity contribution is 0.101. The number of halogens is 1. The molecular formula is C12H16ClN5O. The van der Waals surface area contributed by atoms with E-state index in [4.69, 9.17) is 11.6 Å². The first-order valence-corrected chi connectivity index (χ1v) is 6.21. The Morgan fingerprint density at radius 3 is 2.11 bits per heavy atom.